The molecular weight excluding hydrogens is 178 g/mol. The van der Waals surface area contributed by atoms with Crippen LogP contribution in [0.1, 0.15) is 33.6 Å². The molecular formula is C11H21NO2. The number of hydrogen-bond acceptors (Lipinski definition) is 2. The molecule has 0 aromatic rings. The van der Waals surface area contributed by atoms with Crippen molar-refractivity contribution >= 4 is 5.97 Å². The summed E-state index contributed by atoms with van der Waals surface area (Å²) in [5.74, 6) is -0.167. The van der Waals surface area contributed by atoms with Crippen molar-refractivity contribution in [3.05, 3.63) is 11.6 Å². The van der Waals surface area contributed by atoms with E-state index < -0.39 is 5.97 Å². The van der Waals surface area contributed by atoms with E-state index in [0.29, 0.717) is 12.5 Å². The Balaban J connectivity index is 3.67. The molecule has 0 bridgehead atoms. The number of nitrogens with one attached hydrogen (secondary N) is 1. The minimum atomic E-state index is -0.869. The Morgan fingerprint density at radius 1 is 1.43 bits per heavy atom. The SMILES string of the molecule is CCC(CC)CNCC(C)=CC(=O)O. The van der Waals surface area contributed by atoms with E-state index in [2.05, 4.69) is 19.2 Å². The largest absolute Gasteiger partial charge is 0.478 e. The summed E-state index contributed by atoms with van der Waals surface area (Å²) in [5.41, 5.74) is 0.864. The minimum absolute atomic E-state index is 0.669. The van der Waals surface area contributed by atoms with E-state index in [0.717, 1.165) is 12.1 Å². The molecule has 3 heteroatoms. The van der Waals surface area contributed by atoms with Gasteiger partial charge in [0.2, 0.25) is 0 Å². The molecule has 0 spiro atoms. The highest BCUT2D eigenvalue weighted by Crippen LogP contribution is 2.05. The predicted molar refractivity (Wildman–Crippen MR) is 58.3 cm³/mol. The van der Waals surface area contributed by atoms with Crippen LogP contribution in [0, 0.1) is 5.92 Å². The zero-order valence-electron chi connectivity index (χ0n) is 9.34. The molecule has 0 radical (unpaired) electrons. The van der Waals surface area contributed by atoms with Crippen molar-refractivity contribution in [1.82, 2.24) is 5.32 Å². The van der Waals surface area contributed by atoms with Crippen LogP contribution in [0.4, 0.5) is 0 Å². The second-order valence-corrected chi connectivity index (χ2v) is 3.64. The summed E-state index contributed by atoms with van der Waals surface area (Å²) < 4.78 is 0. The lowest BCUT2D eigenvalue weighted by molar-refractivity contribution is -0.131. The van der Waals surface area contributed by atoms with E-state index in [-0.39, 0.29) is 0 Å². The second kappa shape index (κ2) is 7.56. The molecule has 0 saturated carbocycles. The van der Waals surface area contributed by atoms with Gasteiger partial charge < -0.3 is 10.4 Å². The van der Waals surface area contributed by atoms with Gasteiger partial charge in [-0.3, -0.25) is 0 Å². The van der Waals surface area contributed by atoms with Gasteiger partial charge in [0.1, 0.15) is 0 Å². The van der Waals surface area contributed by atoms with Crippen LogP contribution in [-0.4, -0.2) is 24.2 Å². The maximum absolute atomic E-state index is 10.3. The molecule has 82 valence electrons. The van der Waals surface area contributed by atoms with Crippen LogP contribution in [-0.2, 0) is 4.79 Å². The van der Waals surface area contributed by atoms with Gasteiger partial charge in [-0.05, 0) is 19.4 Å². The lowest BCUT2D eigenvalue weighted by atomic mass is 10.0. The topological polar surface area (TPSA) is 49.3 Å². The molecule has 0 atom stereocenters. The number of carboxylic acid groups (broad SMARTS) is 1. The van der Waals surface area contributed by atoms with Crippen LogP contribution in [0.25, 0.3) is 0 Å². The van der Waals surface area contributed by atoms with Gasteiger partial charge in [0.05, 0.1) is 0 Å². The fourth-order valence-corrected chi connectivity index (χ4v) is 1.31. The van der Waals surface area contributed by atoms with Crippen molar-refractivity contribution in [3.8, 4) is 0 Å². The third-order valence-corrected chi connectivity index (χ3v) is 2.36. The molecule has 0 aromatic heterocycles. The van der Waals surface area contributed by atoms with E-state index in [1.165, 1.54) is 18.9 Å². The molecule has 0 fully saturated rings. The van der Waals surface area contributed by atoms with Gasteiger partial charge in [0, 0.05) is 12.6 Å². The highest BCUT2D eigenvalue weighted by Gasteiger charge is 2.02. The molecule has 0 aromatic carbocycles. The summed E-state index contributed by atoms with van der Waals surface area (Å²) in [6, 6.07) is 0. The minimum Gasteiger partial charge on any atom is -0.478 e. The van der Waals surface area contributed by atoms with Crippen LogP contribution in [0.15, 0.2) is 11.6 Å². The summed E-state index contributed by atoms with van der Waals surface area (Å²) in [6.07, 6.45) is 3.59. The average Bonchev–Trinajstić information content (AvgIpc) is 2.11. The first kappa shape index (κ1) is 13.2. The second-order valence-electron chi connectivity index (χ2n) is 3.64. The summed E-state index contributed by atoms with van der Waals surface area (Å²) in [5, 5.41) is 11.7. The van der Waals surface area contributed by atoms with Crippen molar-refractivity contribution in [3.63, 3.8) is 0 Å². The van der Waals surface area contributed by atoms with E-state index in [1.54, 1.807) is 0 Å². The molecule has 0 aliphatic carbocycles. The number of hydrogen-bond donors (Lipinski definition) is 2. The summed E-state index contributed by atoms with van der Waals surface area (Å²) in [4.78, 5) is 10.3. The van der Waals surface area contributed by atoms with Crippen molar-refractivity contribution < 1.29 is 9.90 Å². The van der Waals surface area contributed by atoms with Gasteiger partial charge in [0.15, 0.2) is 0 Å². The Kier molecular flexibility index (Phi) is 7.11. The van der Waals surface area contributed by atoms with Crippen LogP contribution >= 0.6 is 0 Å². The van der Waals surface area contributed by atoms with E-state index in [9.17, 15) is 4.79 Å². The van der Waals surface area contributed by atoms with E-state index >= 15 is 0 Å². The lowest BCUT2D eigenvalue weighted by Crippen LogP contribution is -2.24. The number of carbonyl (C=O) groups is 1. The Morgan fingerprint density at radius 3 is 2.43 bits per heavy atom. The Hall–Kier alpha value is -0.830. The van der Waals surface area contributed by atoms with Crippen molar-refractivity contribution in [2.75, 3.05) is 13.1 Å². The third-order valence-electron chi connectivity index (χ3n) is 2.36. The molecule has 0 unspecified atom stereocenters. The van der Waals surface area contributed by atoms with Gasteiger partial charge in [0.25, 0.3) is 0 Å². The molecule has 0 rings (SSSR count). The van der Waals surface area contributed by atoms with Crippen LogP contribution in [0.2, 0.25) is 0 Å². The zero-order valence-corrected chi connectivity index (χ0v) is 9.34. The summed E-state index contributed by atoms with van der Waals surface area (Å²) >= 11 is 0. The first-order valence-corrected chi connectivity index (χ1v) is 5.20. The average molecular weight is 199 g/mol. The number of carboxylic acids is 1. The molecule has 0 aliphatic heterocycles. The summed E-state index contributed by atoms with van der Waals surface area (Å²) in [6.45, 7) is 7.82. The summed E-state index contributed by atoms with van der Waals surface area (Å²) in [7, 11) is 0. The molecule has 2 N–H and O–H groups in total. The molecule has 0 saturated heterocycles. The first-order chi connectivity index (χ1) is 6.60. The standard InChI is InChI=1S/C11H21NO2/c1-4-10(5-2)8-12-7-9(3)6-11(13)14/h6,10,12H,4-5,7-8H2,1-3H3,(H,13,14). The molecule has 0 aliphatic rings. The predicted octanol–water partition coefficient (Wildman–Crippen LogP) is 2.04. The maximum Gasteiger partial charge on any atom is 0.328 e. The zero-order chi connectivity index (χ0) is 11.0. The van der Waals surface area contributed by atoms with E-state index in [1.807, 2.05) is 6.92 Å². The highest BCUT2D eigenvalue weighted by atomic mass is 16.4. The monoisotopic (exact) mass is 199 g/mol. The smallest absolute Gasteiger partial charge is 0.328 e. The molecule has 0 amide bonds. The van der Waals surface area contributed by atoms with Crippen molar-refractivity contribution in [1.29, 1.82) is 0 Å². The lowest BCUT2D eigenvalue weighted by Gasteiger charge is -2.13. The molecule has 0 heterocycles. The molecule has 3 nitrogen and oxygen atoms in total. The molecule has 14 heavy (non-hydrogen) atoms. The Bertz CT molecular complexity index is 195. The van der Waals surface area contributed by atoms with Crippen LogP contribution in [0.5, 0.6) is 0 Å². The third kappa shape index (κ3) is 6.66. The van der Waals surface area contributed by atoms with Gasteiger partial charge in [-0.2, -0.15) is 0 Å². The first-order valence-electron chi connectivity index (χ1n) is 5.20. The number of rotatable bonds is 7. The van der Waals surface area contributed by atoms with Crippen LogP contribution < -0.4 is 5.32 Å². The fraction of sp³-hybridized carbons (Fsp3) is 0.727. The van der Waals surface area contributed by atoms with Crippen LogP contribution in [0.3, 0.4) is 0 Å². The van der Waals surface area contributed by atoms with Crippen molar-refractivity contribution in [2.45, 2.75) is 33.6 Å². The van der Waals surface area contributed by atoms with E-state index in [4.69, 9.17) is 5.11 Å². The van der Waals surface area contributed by atoms with Gasteiger partial charge in [-0.15, -0.1) is 0 Å². The highest BCUT2D eigenvalue weighted by molar-refractivity contribution is 5.80. The number of aliphatic carboxylic acids is 1. The van der Waals surface area contributed by atoms with Gasteiger partial charge in [-0.1, -0.05) is 32.3 Å². The van der Waals surface area contributed by atoms with Gasteiger partial charge >= 0.3 is 5.97 Å². The Morgan fingerprint density at radius 2 is 2.00 bits per heavy atom. The van der Waals surface area contributed by atoms with Crippen molar-refractivity contribution in [2.24, 2.45) is 5.92 Å². The van der Waals surface area contributed by atoms with Gasteiger partial charge in [-0.25, -0.2) is 4.79 Å². The fourth-order valence-electron chi connectivity index (χ4n) is 1.31. The Labute approximate surface area is 86.2 Å². The normalized spacial score (nSPS) is 12.1. The quantitative estimate of drug-likeness (QED) is 0.617. The maximum atomic E-state index is 10.3.